The van der Waals surface area contributed by atoms with Gasteiger partial charge in [0.2, 0.25) is 0 Å². The summed E-state index contributed by atoms with van der Waals surface area (Å²) in [5.41, 5.74) is 0. The normalized spacial score (nSPS) is 21.6. The van der Waals surface area contributed by atoms with Gasteiger partial charge in [0.25, 0.3) is 0 Å². The molecule has 1 aromatic rings. The first-order chi connectivity index (χ1) is 8.16. The van der Waals surface area contributed by atoms with Crippen molar-refractivity contribution >= 4 is 5.97 Å². The van der Waals surface area contributed by atoms with Gasteiger partial charge < -0.3 is 14.4 Å². The number of aliphatic carboxylic acids is 1. The van der Waals surface area contributed by atoms with Crippen molar-refractivity contribution in [1.82, 2.24) is 19.7 Å². The lowest BCUT2D eigenvalue weighted by Crippen LogP contribution is -2.46. The Morgan fingerprint density at radius 3 is 3.18 bits per heavy atom. The standard InChI is InChI=1S/C10H16N4O3/c1-13-7-11-12-9(13)5-14-2-3-17-6-8(14)4-10(15)16/h7-8H,2-6H2,1H3,(H,15,16). The lowest BCUT2D eigenvalue weighted by molar-refractivity contribution is -0.140. The van der Waals surface area contributed by atoms with Crippen LogP contribution in [0.1, 0.15) is 12.2 Å². The summed E-state index contributed by atoms with van der Waals surface area (Å²) in [5.74, 6) is 0.0331. The second-order valence-corrected chi connectivity index (χ2v) is 4.16. The molecule has 1 aliphatic heterocycles. The summed E-state index contributed by atoms with van der Waals surface area (Å²) in [5, 5.41) is 16.7. The molecule has 2 heterocycles. The van der Waals surface area contributed by atoms with Crippen LogP contribution >= 0.6 is 0 Å². The van der Waals surface area contributed by atoms with E-state index in [4.69, 9.17) is 9.84 Å². The lowest BCUT2D eigenvalue weighted by Gasteiger charge is -2.34. The second kappa shape index (κ2) is 5.24. The van der Waals surface area contributed by atoms with Crippen LogP contribution in [0, 0.1) is 0 Å². The number of nitrogens with zero attached hydrogens (tertiary/aromatic N) is 4. The van der Waals surface area contributed by atoms with E-state index in [2.05, 4.69) is 15.1 Å². The molecule has 7 nitrogen and oxygen atoms in total. The Kier molecular flexibility index (Phi) is 3.70. The molecule has 0 radical (unpaired) electrons. The summed E-state index contributed by atoms with van der Waals surface area (Å²) in [4.78, 5) is 12.9. The van der Waals surface area contributed by atoms with Crippen molar-refractivity contribution in [1.29, 1.82) is 0 Å². The maximum atomic E-state index is 10.8. The SMILES string of the molecule is Cn1cnnc1CN1CCOCC1CC(=O)O. The Bertz CT molecular complexity index is 393. The van der Waals surface area contributed by atoms with Gasteiger partial charge in [-0.3, -0.25) is 9.69 Å². The number of carboxylic acids is 1. The molecule has 0 saturated carbocycles. The summed E-state index contributed by atoms with van der Waals surface area (Å²) in [6.07, 6.45) is 1.74. The molecule has 0 bridgehead atoms. The molecule has 0 spiro atoms. The molecule has 1 atom stereocenters. The molecule has 7 heteroatoms. The van der Waals surface area contributed by atoms with Gasteiger partial charge in [-0.05, 0) is 0 Å². The average molecular weight is 240 g/mol. The van der Waals surface area contributed by atoms with Crippen LogP contribution in [0.25, 0.3) is 0 Å². The molecule has 1 aliphatic rings. The van der Waals surface area contributed by atoms with Gasteiger partial charge in [0.1, 0.15) is 12.2 Å². The number of carbonyl (C=O) groups is 1. The predicted octanol–water partition coefficient (Wildman–Crippen LogP) is -0.509. The zero-order valence-electron chi connectivity index (χ0n) is 9.74. The van der Waals surface area contributed by atoms with E-state index in [1.165, 1.54) is 0 Å². The largest absolute Gasteiger partial charge is 0.481 e. The number of aryl methyl sites for hydroxylation is 1. The third kappa shape index (κ3) is 3.01. The van der Waals surface area contributed by atoms with Gasteiger partial charge >= 0.3 is 5.97 Å². The van der Waals surface area contributed by atoms with Gasteiger partial charge in [0, 0.05) is 19.6 Å². The Labute approximate surface area is 99.0 Å². The van der Waals surface area contributed by atoms with Crippen molar-refractivity contribution in [2.24, 2.45) is 7.05 Å². The Morgan fingerprint density at radius 1 is 1.71 bits per heavy atom. The summed E-state index contributed by atoms with van der Waals surface area (Å²) in [6.45, 7) is 2.43. The summed E-state index contributed by atoms with van der Waals surface area (Å²) >= 11 is 0. The van der Waals surface area contributed by atoms with Crippen LogP contribution in [0.15, 0.2) is 6.33 Å². The van der Waals surface area contributed by atoms with E-state index in [-0.39, 0.29) is 12.5 Å². The van der Waals surface area contributed by atoms with Gasteiger partial charge in [-0.1, -0.05) is 0 Å². The highest BCUT2D eigenvalue weighted by Crippen LogP contribution is 2.13. The first-order valence-electron chi connectivity index (χ1n) is 5.53. The zero-order chi connectivity index (χ0) is 12.3. The van der Waals surface area contributed by atoms with Gasteiger partial charge in [0.15, 0.2) is 0 Å². The number of aromatic nitrogens is 3. The summed E-state index contributed by atoms with van der Waals surface area (Å²) in [6, 6.07) is -0.0852. The van der Waals surface area contributed by atoms with Crippen molar-refractivity contribution in [3.8, 4) is 0 Å². The third-order valence-electron chi connectivity index (χ3n) is 2.91. The van der Waals surface area contributed by atoms with E-state index in [0.717, 1.165) is 12.4 Å². The van der Waals surface area contributed by atoms with Crippen LogP contribution in [0.3, 0.4) is 0 Å². The molecule has 2 rings (SSSR count). The molecule has 0 aliphatic carbocycles. The lowest BCUT2D eigenvalue weighted by atomic mass is 10.1. The molecular formula is C10H16N4O3. The van der Waals surface area contributed by atoms with Gasteiger partial charge in [-0.2, -0.15) is 0 Å². The summed E-state index contributed by atoms with van der Waals surface area (Å²) in [7, 11) is 1.88. The van der Waals surface area contributed by atoms with E-state index >= 15 is 0 Å². The smallest absolute Gasteiger partial charge is 0.305 e. The van der Waals surface area contributed by atoms with Gasteiger partial charge in [-0.15, -0.1) is 10.2 Å². The zero-order valence-corrected chi connectivity index (χ0v) is 9.74. The Hall–Kier alpha value is -1.47. The second-order valence-electron chi connectivity index (χ2n) is 4.16. The molecule has 0 aromatic carbocycles. The fraction of sp³-hybridized carbons (Fsp3) is 0.700. The highest BCUT2D eigenvalue weighted by molar-refractivity contribution is 5.67. The minimum atomic E-state index is -0.802. The van der Waals surface area contributed by atoms with Crippen LogP contribution in [0.2, 0.25) is 0 Å². The van der Waals surface area contributed by atoms with E-state index in [9.17, 15) is 4.79 Å². The van der Waals surface area contributed by atoms with Crippen LogP contribution < -0.4 is 0 Å². The number of ether oxygens (including phenoxy) is 1. The van der Waals surface area contributed by atoms with Crippen molar-refractivity contribution in [3.63, 3.8) is 0 Å². The molecule has 1 saturated heterocycles. The van der Waals surface area contributed by atoms with Gasteiger partial charge in [-0.25, -0.2) is 0 Å². The topological polar surface area (TPSA) is 80.5 Å². The van der Waals surface area contributed by atoms with Crippen molar-refractivity contribution in [2.45, 2.75) is 19.0 Å². The minimum Gasteiger partial charge on any atom is -0.481 e. The molecule has 1 aromatic heterocycles. The number of rotatable bonds is 4. The Morgan fingerprint density at radius 2 is 2.53 bits per heavy atom. The molecular weight excluding hydrogens is 224 g/mol. The van der Waals surface area contributed by atoms with Crippen LogP contribution in [0.4, 0.5) is 0 Å². The quantitative estimate of drug-likeness (QED) is 0.763. The number of hydrogen-bond donors (Lipinski definition) is 1. The number of morpholine rings is 1. The van der Waals surface area contributed by atoms with Crippen LogP contribution in [-0.2, 0) is 23.1 Å². The van der Waals surface area contributed by atoms with E-state index in [1.807, 2.05) is 11.6 Å². The molecule has 1 unspecified atom stereocenters. The highest BCUT2D eigenvalue weighted by Gasteiger charge is 2.26. The first kappa shape index (κ1) is 12.0. The molecule has 0 amide bonds. The van der Waals surface area contributed by atoms with E-state index in [1.54, 1.807) is 6.33 Å². The minimum absolute atomic E-state index is 0.0852. The summed E-state index contributed by atoms with van der Waals surface area (Å²) < 4.78 is 7.16. The molecule has 17 heavy (non-hydrogen) atoms. The van der Waals surface area contributed by atoms with E-state index < -0.39 is 5.97 Å². The van der Waals surface area contributed by atoms with Crippen molar-refractivity contribution < 1.29 is 14.6 Å². The van der Waals surface area contributed by atoms with Gasteiger partial charge in [0.05, 0.1) is 26.2 Å². The Balaban J connectivity index is 2.01. The maximum absolute atomic E-state index is 10.8. The van der Waals surface area contributed by atoms with Crippen LogP contribution in [-0.4, -0.2) is 56.5 Å². The predicted molar refractivity (Wildman–Crippen MR) is 58.3 cm³/mol. The molecule has 1 N–H and O–H groups in total. The molecule has 1 fully saturated rings. The van der Waals surface area contributed by atoms with Crippen molar-refractivity contribution in [2.75, 3.05) is 19.8 Å². The fourth-order valence-corrected chi connectivity index (χ4v) is 1.92. The first-order valence-corrected chi connectivity index (χ1v) is 5.53. The molecule has 94 valence electrons. The average Bonchev–Trinajstić information content (AvgIpc) is 2.67. The third-order valence-corrected chi connectivity index (χ3v) is 2.91. The van der Waals surface area contributed by atoms with Crippen molar-refractivity contribution in [3.05, 3.63) is 12.2 Å². The fourth-order valence-electron chi connectivity index (χ4n) is 1.92. The highest BCUT2D eigenvalue weighted by atomic mass is 16.5. The number of hydrogen-bond acceptors (Lipinski definition) is 5. The monoisotopic (exact) mass is 240 g/mol. The number of carboxylic acid groups (broad SMARTS) is 1. The van der Waals surface area contributed by atoms with E-state index in [0.29, 0.717) is 19.8 Å². The maximum Gasteiger partial charge on any atom is 0.305 e. The van der Waals surface area contributed by atoms with Crippen LogP contribution in [0.5, 0.6) is 0 Å².